The fraction of sp³-hybridized carbons (Fsp3) is 0.786. The summed E-state index contributed by atoms with van der Waals surface area (Å²) >= 11 is 0. The van der Waals surface area contributed by atoms with Crippen LogP contribution in [0.25, 0.3) is 0 Å². The molecule has 0 aromatic heterocycles. The van der Waals surface area contributed by atoms with E-state index in [-0.39, 0.29) is 81.0 Å². The lowest BCUT2D eigenvalue weighted by molar-refractivity contribution is -0.143. The first kappa shape index (κ1) is 34.6. The largest absolute Gasteiger partial charge is 0.328 e. The summed E-state index contributed by atoms with van der Waals surface area (Å²) < 4.78 is 0. The average molecular weight is 524 g/mol. The van der Waals surface area contributed by atoms with Crippen molar-refractivity contribution < 1.29 is 28.8 Å². The molecule has 0 aromatic carbocycles. The molecule has 0 bridgehead atoms. The highest BCUT2D eigenvalue weighted by molar-refractivity contribution is 5.95. The third kappa shape index (κ3) is 13.1. The van der Waals surface area contributed by atoms with Gasteiger partial charge in [-0.05, 0) is 6.42 Å². The van der Waals surface area contributed by atoms with Gasteiger partial charge in [0, 0.05) is 36.1 Å². The third-order valence-electron chi connectivity index (χ3n) is 6.01. The van der Waals surface area contributed by atoms with E-state index >= 15 is 0 Å². The first-order valence-corrected chi connectivity index (χ1v) is 13.3. The second kappa shape index (κ2) is 15.1. The zero-order valence-electron chi connectivity index (χ0n) is 24.7. The molecule has 0 saturated carbocycles. The predicted molar refractivity (Wildman–Crippen MR) is 144 cm³/mol. The van der Waals surface area contributed by atoms with E-state index in [9.17, 15) is 28.8 Å². The van der Waals surface area contributed by atoms with Gasteiger partial charge in [-0.3, -0.25) is 28.8 Å². The van der Waals surface area contributed by atoms with Crippen molar-refractivity contribution >= 4 is 34.9 Å². The normalized spacial score (nSPS) is 12.7. The minimum atomic E-state index is -0.816. The number of rotatable bonds is 16. The van der Waals surface area contributed by atoms with Gasteiger partial charge < -0.3 is 15.1 Å². The van der Waals surface area contributed by atoms with Crippen molar-refractivity contribution in [1.29, 1.82) is 0 Å². The Hall–Kier alpha value is -2.42. The summed E-state index contributed by atoms with van der Waals surface area (Å²) in [6, 6.07) is -0.922. The number of carbonyl (C=O) groups is 6. The van der Waals surface area contributed by atoms with Crippen LogP contribution in [0, 0.1) is 10.8 Å². The van der Waals surface area contributed by atoms with E-state index < -0.39 is 28.7 Å². The molecule has 37 heavy (non-hydrogen) atoms. The fourth-order valence-corrected chi connectivity index (χ4v) is 3.24. The van der Waals surface area contributed by atoms with Gasteiger partial charge in [0.05, 0.1) is 32.2 Å². The molecule has 0 fully saturated rings. The highest BCUT2D eigenvalue weighted by Gasteiger charge is 2.32. The zero-order chi connectivity index (χ0) is 29.1. The van der Waals surface area contributed by atoms with Gasteiger partial charge in [-0.25, -0.2) is 0 Å². The Morgan fingerprint density at radius 3 is 1.46 bits per heavy atom. The number of ketones is 4. The summed E-state index contributed by atoms with van der Waals surface area (Å²) in [5, 5.41) is 3.16. The molecule has 0 heterocycles. The molecule has 212 valence electrons. The number of amides is 2. The van der Waals surface area contributed by atoms with Gasteiger partial charge in [-0.2, -0.15) is 0 Å². The molecule has 1 N–H and O–H groups in total. The molecule has 1 unspecified atom stereocenters. The van der Waals surface area contributed by atoms with Crippen molar-refractivity contribution in [2.45, 2.75) is 107 Å². The zero-order valence-corrected chi connectivity index (χ0v) is 24.7. The topological polar surface area (TPSA) is 121 Å². The van der Waals surface area contributed by atoms with Crippen LogP contribution in [0.5, 0.6) is 0 Å². The van der Waals surface area contributed by atoms with Crippen molar-refractivity contribution in [1.82, 2.24) is 15.1 Å². The van der Waals surface area contributed by atoms with Crippen LogP contribution in [0.3, 0.4) is 0 Å². The molecule has 1 atom stereocenters. The highest BCUT2D eigenvalue weighted by atomic mass is 16.2. The summed E-state index contributed by atoms with van der Waals surface area (Å²) in [5.74, 6) is -1.49. The van der Waals surface area contributed by atoms with E-state index in [1.165, 1.54) is 9.80 Å². The first-order chi connectivity index (χ1) is 16.8. The van der Waals surface area contributed by atoms with E-state index in [1.807, 2.05) is 13.8 Å². The molecule has 0 spiro atoms. The van der Waals surface area contributed by atoms with Crippen LogP contribution in [0.4, 0.5) is 0 Å². The van der Waals surface area contributed by atoms with Crippen molar-refractivity contribution in [3.63, 3.8) is 0 Å². The maximum atomic E-state index is 13.5. The van der Waals surface area contributed by atoms with E-state index in [4.69, 9.17) is 0 Å². The fourth-order valence-electron chi connectivity index (χ4n) is 3.24. The maximum absolute atomic E-state index is 13.5. The quantitative estimate of drug-likeness (QED) is 0.330. The average Bonchev–Trinajstić information content (AvgIpc) is 2.78. The lowest BCUT2D eigenvalue weighted by Gasteiger charge is -2.31. The first-order valence-electron chi connectivity index (χ1n) is 13.3. The summed E-state index contributed by atoms with van der Waals surface area (Å²) in [6.07, 6.45) is 0.492. The van der Waals surface area contributed by atoms with Gasteiger partial charge in [-0.1, -0.05) is 69.2 Å². The Bertz CT molecular complexity index is 836. The van der Waals surface area contributed by atoms with Gasteiger partial charge in [0.25, 0.3) is 0 Å². The Morgan fingerprint density at radius 2 is 1.08 bits per heavy atom. The molecule has 0 saturated heterocycles. The molecule has 0 aliphatic rings. The third-order valence-corrected chi connectivity index (χ3v) is 6.01. The Balaban J connectivity index is 5.83. The molecular formula is C28H49N3O6. The molecule has 9 heteroatoms. The van der Waals surface area contributed by atoms with Gasteiger partial charge in [-0.15, -0.1) is 0 Å². The van der Waals surface area contributed by atoms with Crippen molar-refractivity contribution in [3.8, 4) is 0 Å². The Kier molecular flexibility index (Phi) is 14.1. The molecule has 0 radical (unpaired) electrons. The second-order valence-electron chi connectivity index (χ2n) is 12.0. The summed E-state index contributed by atoms with van der Waals surface area (Å²) in [5.41, 5.74) is -1.35. The minimum Gasteiger partial charge on any atom is -0.328 e. The van der Waals surface area contributed by atoms with Gasteiger partial charge >= 0.3 is 0 Å². The van der Waals surface area contributed by atoms with Crippen LogP contribution in [-0.2, 0) is 28.8 Å². The molecule has 0 aromatic rings. The SMILES string of the molecule is CCC(=O)CN(CC(=O)C(C)(C)C)C(=O)CCC(NC(C)C)C(=O)N(CC(=O)CC)CC(=O)C(C)(C)C. The molecule has 0 aliphatic heterocycles. The molecule has 2 amide bonds. The molecular weight excluding hydrogens is 474 g/mol. The standard InChI is InChI=1S/C28H49N3O6/c1-11-20(32)15-30(17-23(34)27(5,6)7)25(36)14-13-22(29-19(3)4)26(37)31(16-21(33)12-2)18-24(35)28(8,9)10/h19,22,29H,11-18H2,1-10H3. The molecule has 9 nitrogen and oxygen atoms in total. The van der Waals surface area contributed by atoms with E-state index in [2.05, 4.69) is 5.32 Å². The van der Waals surface area contributed by atoms with E-state index in [1.54, 1.807) is 55.4 Å². The number of hydrogen-bond donors (Lipinski definition) is 1. The predicted octanol–water partition coefficient (Wildman–Crippen LogP) is 2.98. The number of Topliss-reactive ketones (excluding diaryl/α,β-unsaturated/α-hetero) is 4. The molecule has 0 aliphatic carbocycles. The second-order valence-corrected chi connectivity index (χ2v) is 12.0. The van der Waals surface area contributed by atoms with Crippen molar-refractivity contribution in [2.75, 3.05) is 26.2 Å². The lowest BCUT2D eigenvalue weighted by atomic mass is 9.90. The summed E-state index contributed by atoms with van der Waals surface area (Å²) in [6.45, 7) is 16.9. The minimum absolute atomic E-state index is 0.0761. The summed E-state index contributed by atoms with van der Waals surface area (Å²) in [4.78, 5) is 78.9. The van der Waals surface area contributed by atoms with Gasteiger partial charge in [0.1, 0.15) is 0 Å². The Labute approximate surface area is 223 Å². The van der Waals surface area contributed by atoms with Crippen LogP contribution < -0.4 is 5.32 Å². The van der Waals surface area contributed by atoms with Crippen molar-refractivity contribution in [3.05, 3.63) is 0 Å². The summed E-state index contributed by atoms with van der Waals surface area (Å²) in [7, 11) is 0. The van der Waals surface area contributed by atoms with Gasteiger partial charge in [0.2, 0.25) is 11.8 Å². The van der Waals surface area contributed by atoms with E-state index in [0.29, 0.717) is 0 Å². The maximum Gasteiger partial charge on any atom is 0.240 e. The van der Waals surface area contributed by atoms with Crippen LogP contribution in [-0.4, -0.2) is 83.0 Å². The number of nitrogens with one attached hydrogen (secondary N) is 1. The van der Waals surface area contributed by atoms with E-state index in [0.717, 1.165) is 0 Å². The molecule has 0 rings (SSSR count). The lowest BCUT2D eigenvalue weighted by Crippen LogP contribution is -2.52. The van der Waals surface area contributed by atoms with Crippen LogP contribution in [0.1, 0.15) is 94.9 Å². The van der Waals surface area contributed by atoms with Crippen LogP contribution in [0.15, 0.2) is 0 Å². The Morgan fingerprint density at radius 1 is 0.676 bits per heavy atom. The highest BCUT2D eigenvalue weighted by Crippen LogP contribution is 2.18. The monoisotopic (exact) mass is 523 g/mol. The number of carbonyl (C=O) groups excluding carboxylic acids is 6. The van der Waals surface area contributed by atoms with Crippen LogP contribution in [0.2, 0.25) is 0 Å². The number of nitrogens with zero attached hydrogens (tertiary/aromatic N) is 2. The number of hydrogen-bond acceptors (Lipinski definition) is 7. The van der Waals surface area contributed by atoms with Crippen molar-refractivity contribution in [2.24, 2.45) is 10.8 Å². The smallest absolute Gasteiger partial charge is 0.240 e. The van der Waals surface area contributed by atoms with Crippen LogP contribution >= 0.6 is 0 Å². The van der Waals surface area contributed by atoms with Gasteiger partial charge in [0.15, 0.2) is 23.1 Å².